The van der Waals surface area contributed by atoms with E-state index in [1.165, 1.54) is 19.1 Å². The molecule has 1 N–H and O–H groups in total. The van der Waals surface area contributed by atoms with Gasteiger partial charge >= 0.3 is 0 Å². The molecule has 1 heterocycles. The molecule has 0 radical (unpaired) electrons. The SMILES string of the molecule is COCCCN1C(=O)C(=O)/C(=C(\O)c2ccc(OC)cc2OC)C1c1ccc(OCc2ccccc2)cc1. The second kappa shape index (κ2) is 12.3. The van der Waals surface area contributed by atoms with Crippen molar-refractivity contribution in [2.75, 3.05) is 34.5 Å². The van der Waals surface area contributed by atoms with Crippen LogP contribution >= 0.6 is 0 Å². The summed E-state index contributed by atoms with van der Waals surface area (Å²) < 4.78 is 21.7. The van der Waals surface area contributed by atoms with Crippen LogP contribution in [0.4, 0.5) is 0 Å². The highest BCUT2D eigenvalue weighted by Gasteiger charge is 2.46. The summed E-state index contributed by atoms with van der Waals surface area (Å²) in [6.45, 7) is 1.12. The molecule has 8 heteroatoms. The summed E-state index contributed by atoms with van der Waals surface area (Å²) in [5.41, 5.74) is 1.99. The van der Waals surface area contributed by atoms with Crippen molar-refractivity contribution in [3.63, 3.8) is 0 Å². The molecule has 1 aliphatic heterocycles. The van der Waals surface area contributed by atoms with Crippen molar-refractivity contribution in [3.8, 4) is 17.2 Å². The van der Waals surface area contributed by atoms with Crippen LogP contribution in [0.3, 0.4) is 0 Å². The first-order chi connectivity index (χ1) is 18.5. The first-order valence-corrected chi connectivity index (χ1v) is 12.2. The fourth-order valence-corrected chi connectivity index (χ4v) is 4.46. The number of benzene rings is 3. The van der Waals surface area contributed by atoms with Gasteiger partial charge in [0.05, 0.1) is 31.4 Å². The summed E-state index contributed by atoms with van der Waals surface area (Å²) >= 11 is 0. The molecule has 3 aromatic rings. The van der Waals surface area contributed by atoms with Crippen LogP contribution < -0.4 is 14.2 Å². The first kappa shape index (κ1) is 26.8. The molecular formula is C30H31NO7. The molecule has 38 heavy (non-hydrogen) atoms. The van der Waals surface area contributed by atoms with E-state index in [0.717, 1.165) is 5.56 Å². The number of carbonyl (C=O) groups excluding carboxylic acids is 2. The average Bonchev–Trinajstić information content (AvgIpc) is 3.21. The van der Waals surface area contributed by atoms with E-state index in [4.69, 9.17) is 18.9 Å². The summed E-state index contributed by atoms with van der Waals surface area (Å²) in [6, 6.07) is 21.1. The Hall–Kier alpha value is -4.30. The van der Waals surface area contributed by atoms with Crippen LogP contribution in [0.1, 0.15) is 29.2 Å². The summed E-state index contributed by atoms with van der Waals surface area (Å²) in [4.78, 5) is 27.9. The minimum absolute atomic E-state index is 0.00571. The van der Waals surface area contributed by atoms with Gasteiger partial charge in [-0.05, 0) is 41.8 Å². The van der Waals surface area contributed by atoms with Crippen LogP contribution in [0.5, 0.6) is 17.2 Å². The molecule has 0 saturated carbocycles. The fraction of sp³-hybridized carbons (Fsp3) is 0.267. The Morgan fingerprint density at radius 1 is 0.895 bits per heavy atom. The highest BCUT2D eigenvalue weighted by molar-refractivity contribution is 6.46. The van der Waals surface area contributed by atoms with Gasteiger partial charge in [0, 0.05) is 26.3 Å². The van der Waals surface area contributed by atoms with Crippen molar-refractivity contribution in [3.05, 3.63) is 95.1 Å². The number of carbonyl (C=O) groups is 2. The minimum atomic E-state index is -0.790. The van der Waals surface area contributed by atoms with Gasteiger partial charge in [0.15, 0.2) is 0 Å². The highest BCUT2D eigenvalue weighted by Crippen LogP contribution is 2.42. The van der Waals surface area contributed by atoms with Gasteiger partial charge in [-0.1, -0.05) is 42.5 Å². The Labute approximate surface area is 222 Å². The summed E-state index contributed by atoms with van der Waals surface area (Å²) in [6.07, 6.45) is 0.532. The minimum Gasteiger partial charge on any atom is -0.507 e. The van der Waals surface area contributed by atoms with Gasteiger partial charge in [0.2, 0.25) is 0 Å². The van der Waals surface area contributed by atoms with E-state index < -0.39 is 17.7 Å². The van der Waals surface area contributed by atoms with Gasteiger partial charge in [0.25, 0.3) is 11.7 Å². The number of nitrogens with zero attached hydrogens (tertiary/aromatic N) is 1. The third kappa shape index (κ3) is 5.65. The third-order valence-corrected chi connectivity index (χ3v) is 6.40. The maximum Gasteiger partial charge on any atom is 0.295 e. The molecule has 0 aliphatic carbocycles. The lowest BCUT2D eigenvalue weighted by Gasteiger charge is -2.25. The lowest BCUT2D eigenvalue weighted by atomic mass is 9.95. The van der Waals surface area contributed by atoms with Crippen molar-refractivity contribution < 1.29 is 33.6 Å². The number of aliphatic hydroxyl groups excluding tert-OH is 1. The van der Waals surface area contributed by atoms with Crippen molar-refractivity contribution in [1.29, 1.82) is 0 Å². The van der Waals surface area contributed by atoms with Gasteiger partial charge in [-0.2, -0.15) is 0 Å². The van der Waals surface area contributed by atoms with Crippen molar-refractivity contribution in [1.82, 2.24) is 4.90 Å². The lowest BCUT2D eigenvalue weighted by Crippen LogP contribution is -2.31. The molecule has 0 bridgehead atoms. The third-order valence-electron chi connectivity index (χ3n) is 6.40. The van der Waals surface area contributed by atoms with Gasteiger partial charge < -0.3 is 29.0 Å². The highest BCUT2D eigenvalue weighted by atomic mass is 16.5. The molecule has 4 rings (SSSR count). The predicted octanol–water partition coefficient (Wildman–Crippen LogP) is 4.74. The van der Waals surface area contributed by atoms with Gasteiger partial charge in [-0.25, -0.2) is 0 Å². The zero-order valence-corrected chi connectivity index (χ0v) is 21.7. The Balaban J connectivity index is 1.71. The van der Waals surface area contributed by atoms with E-state index in [0.29, 0.717) is 42.4 Å². The summed E-state index contributed by atoms with van der Waals surface area (Å²) in [5.74, 6) is -0.258. The second-order valence-corrected chi connectivity index (χ2v) is 8.75. The normalized spacial score (nSPS) is 16.5. The maximum atomic E-state index is 13.3. The number of ketones is 1. The van der Waals surface area contributed by atoms with Crippen LogP contribution in [0, 0.1) is 0 Å². The zero-order chi connectivity index (χ0) is 27.1. The molecule has 0 spiro atoms. The number of hydrogen-bond acceptors (Lipinski definition) is 7. The number of aliphatic hydroxyl groups is 1. The number of Topliss-reactive ketones (excluding diaryl/α,β-unsaturated/α-hetero) is 1. The molecule has 1 fully saturated rings. The van der Waals surface area contributed by atoms with Crippen LogP contribution in [0.25, 0.3) is 5.76 Å². The monoisotopic (exact) mass is 517 g/mol. The van der Waals surface area contributed by atoms with E-state index in [1.807, 2.05) is 30.3 Å². The van der Waals surface area contributed by atoms with Crippen molar-refractivity contribution in [2.24, 2.45) is 0 Å². The Morgan fingerprint density at radius 2 is 1.61 bits per heavy atom. The number of methoxy groups -OCH3 is 3. The number of likely N-dealkylation sites (tertiary alicyclic amines) is 1. The molecule has 198 valence electrons. The van der Waals surface area contributed by atoms with Crippen molar-refractivity contribution >= 4 is 17.4 Å². The zero-order valence-electron chi connectivity index (χ0n) is 21.7. The summed E-state index contributed by atoms with van der Waals surface area (Å²) in [7, 11) is 4.56. The molecule has 1 unspecified atom stereocenters. The lowest BCUT2D eigenvalue weighted by molar-refractivity contribution is -0.140. The first-order valence-electron chi connectivity index (χ1n) is 12.2. The maximum absolute atomic E-state index is 13.3. The van der Waals surface area contributed by atoms with Gasteiger partial charge in [0.1, 0.15) is 29.6 Å². The molecule has 1 atom stereocenters. The molecule has 1 saturated heterocycles. The molecule has 3 aromatic carbocycles. The van der Waals surface area contributed by atoms with E-state index in [2.05, 4.69) is 0 Å². The topological polar surface area (TPSA) is 94.5 Å². The number of rotatable bonds is 11. The smallest absolute Gasteiger partial charge is 0.295 e. The Kier molecular flexibility index (Phi) is 8.66. The quantitative estimate of drug-likeness (QED) is 0.170. The summed E-state index contributed by atoms with van der Waals surface area (Å²) in [5, 5.41) is 11.4. The Morgan fingerprint density at radius 3 is 2.26 bits per heavy atom. The van der Waals surface area contributed by atoms with Crippen LogP contribution in [-0.4, -0.2) is 56.2 Å². The van der Waals surface area contributed by atoms with Crippen molar-refractivity contribution in [2.45, 2.75) is 19.1 Å². The van der Waals surface area contributed by atoms with E-state index >= 15 is 0 Å². The largest absolute Gasteiger partial charge is 0.507 e. The van der Waals surface area contributed by atoms with Crippen LogP contribution in [-0.2, 0) is 20.9 Å². The average molecular weight is 518 g/mol. The molecule has 0 aromatic heterocycles. The molecule has 1 aliphatic rings. The van der Waals surface area contributed by atoms with E-state index in [9.17, 15) is 14.7 Å². The standard InChI is InChI=1S/C30H31NO7/c1-35-17-7-16-31-27(21-10-12-22(13-11-21)38-19-20-8-5-4-6-9-20)26(29(33)30(31)34)28(32)24-15-14-23(36-2)18-25(24)37-3/h4-6,8-15,18,27,32H,7,16-17,19H2,1-3H3/b28-26-. The number of hydrogen-bond donors (Lipinski definition) is 1. The van der Waals surface area contributed by atoms with Gasteiger partial charge in [-0.3, -0.25) is 9.59 Å². The molecule has 8 nitrogen and oxygen atoms in total. The van der Waals surface area contributed by atoms with Crippen LogP contribution in [0.2, 0.25) is 0 Å². The predicted molar refractivity (Wildman–Crippen MR) is 142 cm³/mol. The molecule has 1 amide bonds. The van der Waals surface area contributed by atoms with Crippen LogP contribution in [0.15, 0.2) is 78.4 Å². The van der Waals surface area contributed by atoms with E-state index in [1.54, 1.807) is 49.6 Å². The second-order valence-electron chi connectivity index (χ2n) is 8.75. The number of ether oxygens (including phenoxy) is 4. The van der Waals surface area contributed by atoms with E-state index in [-0.39, 0.29) is 23.4 Å². The fourth-order valence-electron chi connectivity index (χ4n) is 4.46. The number of amides is 1. The Bertz CT molecular complexity index is 1300. The molecular weight excluding hydrogens is 486 g/mol. The van der Waals surface area contributed by atoms with Gasteiger partial charge in [-0.15, -0.1) is 0 Å².